The zero-order valence-electron chi connectivity index (χ0n) is 23.3. The van der Waals surface area contributed by atoms with Crippen molar-refractivity contribution in [1.82, 2.24) is 0 Å². The summed E-state index contributed by atoms with van der Waals surface area (Å²) >= 11 is 0. The summed E-state index contributed by atoms with van der Waals surface area (Å²) in [6.45, 7) is 2.27. The Bertz CT molecular complexity index is 878. The van der Waals surface area contributed by atoms with Gasteiger partial charge >= 0.3 is 5.97 Å². The lowest BCUT2D eigenvalue weighted by Gasteiger charge is -2.38. The summed E-state index contributed by atoms with van der Waals surface area (Å²) < 4.78 is 5.65. The number of aromatic hydroxyl groups is 1. The van der Waals surface area contributed by atoms with E-state index in [1.807, 2.05) is 12.1 Å². The molecule has 0 aliphatic heterocycles. The quantitative estimate of drug-likeness (QED) is 0.132. The fourth-order valence-electron chi connectivity index (χ4n) is 5.99. The second-order valence-corrected chi connectivity index (χ2v) is 11.2. The van der Waals surface area contributed by atoms with Crippen LogP contribution in [0.4, 0.5) is 0 Å². The summed E-state index contributed by atoms with van der Waals surface area (Å²) in [5, 5.41) is 9.75. The van der Waals surface area contributed by atoms with Gasteiger partial charge in [0.1, 0.15) is 11.5 Å². The molecule has 0 unspecified atom stereocenters. The molecule has 3 nitrogen and oxygen atoms in total. The highest BCUT2D eigenvalue weighted by Crippen LogP contribution is 2.45. The molecule has 1 saturated carbocycles. The molecule has 37 heavy (non-hydrogen) atoms. The Labute approximate surface area is 226 Å². The van der Waals surface area contributed by atoms with Crippen molar-refractivity contribution < 1.29 is 14.6 Å². The largest absolute Gasteiger partial charge is 0.508 e. The van der Waals surface area contributed by atoms with Crippen LogP contribution in [0.3, 0.4) is 0 Å². The van der Waals surface area contributed by atoms with E-state index >= 15 is 0 Å². The number of carbonyl (C=O) groups excluding carboxylic acids is 1. The number of carbonyl (C=O) groups is 1. The van der Waals surface area contributed by atoms with Gasteiger partial charge in [0, 0.05) is 11.8 Å². The van der Waals surface area contributed by atoms with Gasteiger partial charge in [0.15, 0.2) is 0 Å². The molecule has 0 aromatic heterocycles. The van der Waals surface area contributed by atoms with E-state index in [9.17, 15) is 9.90 Å². The Morgan fingerprint density at radius 1 is 0.676 bits per heavy atom. The van der Waals surface area contributed by atoms with Crippen molar-refractivity contribution in [2.24, 2.45) is 0 Å². The topological polar surface area (TPSA) is 46.5 Å². The highest BCUT2D eigenvalue weighted by molar-refractivity contribution is 5.72. The van der Waals surface area contributed by atoms with Crippen LogP contribution >= 0.6 is 0 Å². The van der Waals surface area contributed by atoms with Gasteiger partial charge < -0.3 is 9.84 Å². The minimum absolute atomic E-state index is 0.0247. The second-order valence-electron chi connectivity index (χ2n) is 11.2. The van der Waals surface area contributed by atoms with Gasteiger partial charge in [0.05, 0.1) is 0 Å². The number of ether oxygens (including phenoxy) is 1. The number of hydrogen-bond acceptors (Lipinski definition) is 3. The van der Waals surface area contributed by atoms with E-state index in [0.29, 0.717) is 17.9 Å². The molecule has 0 bridgehead atoms. The van der Waals surface area contributed by atoms with Crippen LogP contribution in [-0.4, -0.2) is 11.1 Å². The number of esters is 1. The maximum absolute atomic E-state index is 12.4. The van der Waals surface area contributed by atoms with E-state index in [0.717, 1.165) is 25.7 Å². The summed E-state index contributed by atoms with van der Waals surface area (Å²) in [7, 11) is 0. The lowest BCUT2D eigenvalue weighted by molar-refractivity contribution is -0.134. The van der Waals surface area contributed by atoms with Crippen LogP contribution in [-0.2, 0) is 10.2 Å². The molecule has 3 heteroatoms. The van der Waals surface area contributed by atoms with Crippen LogP contribution in [0.2, 0.25) is 0 Å². The molecule has 204 valence electrons. The van der Waals surface area contributed by atoms with Gasteiger partial charge in [-0.1, -0.05) is 128 Å². The highest BCUT2D eigenvalue weighted by atomic mass is 16.5. The number of benzene rings is 2. The number of hydrogen-bond donors (Lipinski definition) is 1. The number of phenols is 1. The van der Waals surface area contributed by atoms with Gasteiger partial charge in [-0.05, 0) is 54.7 Å². The third-order valence-corrected chi connectivity index (χ3v) is 8.25. The van der Waals surface area contributed by atoms with Crippen LogP contribution in [0.15, 0.2) is 48.5 Å². The van der Waals surface area contributed by atoms with Crippen LogP contribution < -0.4 is 4.74 Å². The predicted octanol–water partition coefficient (Wildman–Crippen LogP) is 10.0. The smallest absolute Gasteiger partial charge is 0.311 e. The molecule has 3 rings (SSSR count). The van der Waals surface area contributed by atoms with E-state index in [2.05, 4.69) is 31.2 Å². The predicted molar refractivity (Wildman–Crippen MR) is 154 cm³/mol. The Hall–Kier alpha value is -2.29. The SMILES string of the molecule is CCCCCCCCCCCCCCCC(=O)Oc1ccc(C2(c3ccc(O)cc3)CCCCC2)cc1. The van der Waals surface area contributed by atoms with E-state index in [4.69, 9.17) is 4.74 Å². The molecular formula is C34H50O3. The Morgan fingerprint density at radius 2 is 1.14 bits per heavy atom. The van der Waals surface area contributed by atoms with E-state index < -0.39 is 0 Å². The Kier molecular flexibility index (Phi) is 13.1. The lowest BCUT2D eigenvalue weighted by Crippen LogP contribution is -2.30. The molecule has 1 fully saturated rings. The third-order valence-electron chi connectivity index (χ3n) is 8.25. The first-order valence-electron chi connectivity index (χ1n) is 15.2. The maximum atomic E-state index is 12.4. The minimum atomic E-state index is -0.123. The first-order chi connectivity index (χ1) is 18.1. The monoisotopic (exact) mass is 506 g/mol. The molecule has 2 aromatic rings. The summed E-state index contributed by atoms with van der Waals surface area (Å²) in [4.78, 5) is 12.4. The van der Waals surface area contributed by atoms with Crippen molar-refractivity contribution in [3.63, 3.8) is 0 Å². The fourth-order valence-corrected chi connectivity index (χ4v) is 5.99. The lowest BCUT2D eigenvalue weighted by atomic mass is 9.65. The van der Waals surface area contributed by atoms with Gasteiger partial charge in [-0.3, -0.25) is 4.79 Å². The van der Waals surface area contributed by atoms with E-state index in [-0.39, 0.29) is 11.4 Å². The number of rotatable bonds is 17. The van der Waals surface area contributed by atoms with E-state index in [1.165, 1.54) is 101 Å². The molecule has 0 amide bonds. The number of phenolic OH excluding ortho intramolecular Hbond substituents is 1. The normalized spacial score (nSPS) is 14.9. The van der Waals surface area contributed by atoms with Gasteiger partial charge in [-0.15, -0.1) is 0 Å². The molecule has 0 heterocycles. The fraction of sp³-hybridized carbons (Fsp3) is 0.618. The average Bonchev–Trinajstić information content (AvgIpc) is 2.92. The van der Waals surface area contributed by atoms with E-state index in [1.54, 1.807) is 12.1 Å². The average molecular weight is 507 g/mol. The van der Waals surface area contributed by atoms with Crippen molar-refractivity contribution in [2.45, 2.75) is 134 Å². The van der Waals surface area contributed by atoms with Gasteiger partial charge in [0.2, 0.25) is 0 Å². The molecule has 0 radical (unpaired) electrons. The molecule has 1 aliphatic rings. The summed E-state index contributed by atoms with van der Waals surface area (Å²) in [5.74, 6) is 0.822. The van der Waals surface area contributed by atoms with Gasteiger partial charge in [-0.25, -0.2) is 0 Å². The Balaban J connectivity index is 1.33. The first kappa shape index (κ1) is 29.3. The highest BCUT2D eigenvalue weighted by Gasteiger charge is 2.35. The van der Waals surface area contributed by atoms with Crippen molar-refractivity contribution in [3.05, 3.63) is 59.7 Å². The summed E-state index contributed by atoms with van der Waals surface area (Å²) in [6.07, 6.45) is 23.3. The van der Waals surface area contributed by atoms with Crippen molar-refractivity contribution >= 4 is 5.97 Å². The molecule has 0 spiro atoms. The van der Waals surface area contributed by atoms with Crippen molar-refractivity contribution in [3.8, 4) is 11.5 Å². The molecule has 2 aromatic carbocycles. The van der Waals surface area contributed by atoms with Crippen LogP contribution in [0, 0.1) is 0 Å². The van der Waals surface area contributed by atoms with Gasteiger partial charge in [-0.2, -0.15) is 0 Å². The molecule has 1 N–H and O–H groups in total. The molecule has 1 aliphatic carbocycles. The van der Waals surface area contributed by atoms with Crippen molar-refractivity contribution in [1.29, 1.82) is 0 Å². The molecule has 0 atom stereocenters. The summed E-state index contributed by atoms with van der Waals surface area (Å²) in [5.41, 5.74) is 2.51. The Morgan fingerprint density at radius 3 is 1.65 bits per heavy atom. The summed E-state index contributed by atoms with van der Waals surface area (Å²) in [6, 6.07) is 15.9. The third kappa shape index (κ3) is 9.83. The molecular weight excluding hydrogens is 456 g/mol. The second kappa shape index (κ2) is 16.5. The number of unbranched alkanes of at least 4 members (excludes halogenated alkanes) is 12. The van der Waals surface area contributed by atoms with Crippen molar-refractivity contribution in [2.75, 3.05) is 0 Å². The van der Waals surface area contributed by atoms with Crippen LogP contribution in [0.1, 0.15) is 140 Å². The minimum Gasteiger partial charge on any atom is -0.508 e. The van der Waals surface area contributed by atoms with Crippen LogP contribution in [0.5, 0.6) is 11.5 Å². The standard InChI is InChI=1S/C34H50O3/c1-2-3-4-5-6-7-8-9-10-11-12-13-15-18-33(36)37-32-25-21-30(22-26-32)34(27-16-14-17-28-34)29-19-23-31(35)24-20-29/h19-26,35H,2-18,27-28H2,1H3. The maximum Gasteiger partial charge on any atom is 0.311 e. The zero-order chi connectivity index (χ0) is 26.2. The zero-order valence-corrected chi connectivity index (χ0v) is 23.3. The van der Waals surface area contributed by atoms with Gasteiger partial charge in [0.25, 0.3) is 0 Å². The van der Waals surface area contributed by atoms with Crippen LogP contribution in [0.25, 0.3) is 0 Å². The molecule has 0 saturated heterocycles. The first-order valence-corrected chi connectivity index (χ1v) is 15.2.